The molecule has 0 saturated carbocycles. The van der Waals surface area contributed by atoms with E-state index < -0.39 is 0 Å². The van der Waals surface area contributed by atoms with Crippen LogP contribution in [0.15, 0.2) is 6.07 Å². The zero-order valence-electron chi connectivity index (χ0n) is 13.8. The summed E-state index contributed by atoms with van der Waals surface area (Å²) in [5.74, 6) is 0.653. The second-order valence-electron chi connectivity index (χ2n) is 6.52. The predicted molar refractivity (Wildman–Crippen MR) is 90.3 cm³/mol. The maximum Gasteiger partial charge on any atom is 0.145 e. The van der Waals surface area contributed by atoms with Crippen LogP contribution in [-0.4, -0.2) is 60.1 Å². The largest absolute Gasteiger partial charge is 0.367 e. The minimum absolute atomic E-state index is 0.0219. The Kier molecular flexibility index (Phi) is 5.28. The first-order valence-electron chi connectivity index (χ1n) is 7.58. The number of pyridine rings is 1. The lowest BCUT2D eigenvalue weighted by atomic mass is 10.0. The number of nitrogens with one attached hydrogen (secondary N) is 1. The quantitative estimate of drug-likeness (QED) is 0.922. The first-order chi connectivity index (χ1) is 10.3. The summed E-state index contributed by atoms with van der Waals surface area (Å²) in [7, 11) is 2.16. The van der Waals surface area contributed by atoms with Crippen molar-refractivity contribution in [3.8, 4) is 6.07 Å². The van der Waals surface area contributed by atoms with Crippen LogP contribution in [-0.2, 0) is 0 Å². The van der Waals surface area contributed by atoms with Crippen molar-refractivity contribution in [1.29, 1.82) is 5.26 Å². The van der Waals surface area contributed by atoms with E-state index >= 15 is 0 Å². The number of hydrogen-bond donors (Lipinski definition) is 1. The molecular weight excluding hydrogens is 298 g/mol. The highest BCUT2D eigenvalue weighted by Crippen LogP contribution is 2.24. The van der Waals surface area contributed by atoms with Gasteiger partial charge in [-0.25, -0.2) is 4.98 Å². The van der Waals surface area contributed by atoms with Crippen LogP contribution >= 0.6 is 11.6 Å². The lowest BCUT2D eigenvalue weighted by molar-refractivity contribution is 0.0698. The van der Waals surface area contributed by atoms with Crippen molar-refractivity contribution in [1.82, 2.24) is 14.8 Å². The van der Waals surface area contributed by atoms with Gasteiger partial charge in [-0.05, 0) is 33.9 Å². The Labute approximate surface area is 137 Å². The number of halogens is 1. The third kappa shape index (κ3) is 3.89. The summed E-state index contributed by atoms with van der Waals surface area (Å²) in [6.45, 7) is 11.4. The number of nitriles is 1. The first kappa shape index (κ1) is 17.0. The summed E-state index contributed by atoms with van der Waals surface area (Å²) < 4.78 is 0. The number of piperazine rings is 1. The molecule has 0 atom stereocenters. The van der Waals surface area contributed by atoms with Crippen LogP contribution in [0.5, 0.6) is 0 Å². The molecule has 0 spiro atoms. The van der Waals surface area contributed by atoms with Crippen molar-refractivity contribution in [2.24, 2.45) is 0 Å². The molecule has 0 radical (unpaired) electrons. The van der Waals surface area contributed by atoms with E-state index in [1.165, 1.54) is 0 Å². The molecule has 1 aromatic heterocycles. The van der Waals surface area contributed by atoms with Crippen molar-refractivity contribution in [3.05, 3.63) is 22.3 Å². The van der Waals surface area contributed by atoms with Gasteiger partial charge in [-0.2, -0.15) is 5.26 Å². The average molecular weight is 322 g/mol. The molecular formula is C16H24ClN5. The highest BCUT2D eigenvalue weighted by molar-refractivity contribution is 6.33. The minimum atomic E-state index is 0.0219. The third-order valence-corrected chi connectivity index (χ3v) is 4.62. The second-order valence-corrected chi connectivity index (χ2v) is 6.93. The van der Waals surface area contributed by atoms with E-state index in [2.05, 4.69) is 47.1 Å². The Morgan fingerprint density at radius 2 is 2.00 bits per heavy atom. The van der Waals surface area contributed by atoms with Gasteiger partial charge in [-0.1, -0.05) is 11.6 Å². The van der Waals surface area contributed by atoms with Crippen molar-refractivity contribution in [3.63, 3.8) is 0 Å². The van der Waals surface area contributed by atoms with Crippen molar-refractivity contribution >= 4 is 17.4 Å². The molecule has 2 rings (SSSR count). The molecule has 2 heterocycles. The maximum absolute atomic E-state index is 9.00. The predicted octanol–water partition coefficient (Wildman–Crippen LogP) is 2.35. The SMILES string of the molecule is Cc1nc(NCC(C)(C)N2CCN(C)CC2)c(Cl)cc1C#N. The molecule has 0 bridgehead atoms. The number of hydrogen-bond acceptors (Lipinski definition) is 5. The molecule has 1 fully saturated rings. The number of aryl methyl sites for hydroxylation is 1. The van der Waals surface area contributed by atoms with E-state index in [1.54, 1.807) is 6.07 Å². The van der Waals surface area contributed by atoms with Gasteiger partial charge >= 0.3 is 0 Å². The number of aromatic nitrogens is 1. The number of likely N-dealkylation sites (N-methyl/N-ethyl adjacent to an activating group) is 1. The molecule has 120 valence electrons. The van der Waals surface area contributed by atoms with Crippen LogP contribution < -0.4 is 5.32 Å². The number of rotatable bonds is 4. The van der Waals surface area contributed by atoms with E-state index in [1.807, 2.05) is 6.92 Å². The van der Waals surface area contributed by atoms with Gasteiger partial charge < -0.3 is 10.2 Å². The smallest absolute Gasteiger partial charge is 0.145 e. The third-order valence-electron chi connectivity index (χ3n) is 4.33. The van der Waals surface area contributed by atoms with E-state index in [0.29, 0.717) is 22.1 Å². The Bertz CT molecular complexity index is 571. The van der Waals surface area contributed by atoms with Gasteiger partial charge in [0, 0.05) is 38.3 Å². The molecule has 6 heteroatoms. The monoisotopic (exact) mass is 321 g/mol. The Morgan fingerprint density at radius 3 is 2.59 bits per heavy atom. The molecule has 0 aliphatic carbocycles. The van der Waals surface area contributed by atoms with Crippen LogP contribution in [0.25, 0.3) is 0 Å². The normalized spacial score (nSPS) is 17.3. The summed E-state index contributed by atoms with van der Waals surface area (Å²) >= 11 is 6.22. The standard InChI is InChI=1S/C16H24ClN5/c1-12-13(10-18)9-14(17)15(20-12)19-11-16(2,3)22-7-5-21(4)6-8-22/h9H,5-8,11H2,1-4H3,(H,19,20). The minimum Gasteiger partial charge on any atom is -0.367 e. The summed E-state index contributed by atoms with van der Waals surface area (Å²) in [5, 5.41) is 12.8. The Morgan fingerprint density at radius 1 is 1.36 bits per heavy atom. The molecule has 5 nitrogen and oxygen atoms in total. The van der Waals surface area contributed by atoms with E-state index in [-0.39, 0.29) is 5.54 Å². The fourth-order valence-corrected chi connectivity index (χ4v) is 2.86. The van der Waals surface area contributed by atoms with Gasteiger partial charge in [-0.3, -0.25) is 4.90 Å². The average Bonchev–Trinajstić information content (AvgIpc) is 2.48. The Hall–Kier alpha value is -1.35. The van der Waals surface area contributed by atoms with Crippen LogP contribution in [0, 0.1) is 18.3 Å². The molecule has 1 saturated heterocycles. The maximum atomic E-state index is 9.00. The van der Waals surface area contributed by atoms with E-state index in [9.17, 15) is 0 Å². The molecule has 22 heavy (non-hydrogen) atoms. The highest BCUT2D eigenvalue weighted by Gasteiger charge is 2.29. The molecule has 1 aliphatic heterocycles. The zero-order valence-corrected chi connectivity index (χ0v) is 14.5. The topological polar surface area (TPSA) is 55.2 Å². The van der Waals surface area contributed by atoms with Crippen molar-refractivity contribution in [2.45, 2.75) is 26.3 Å². The van der Waals surface area contributed by atoms with Crippen LogP contribution in [0.4, 0.5) is 5.82 Å². The van der Waals surface area contributed by atoms with Crippen molar-refractivity contribution < 1.29 is 0 Å². The van der Waals surface area contributed by atoms with Crippen LogP contribution in [0.1, 0.15) is 25.1 Å². The molecule has 0 amide bonds. The van der Waals surface area contributed by atoms with Gasteiger partial charge in [0.1, 0.15) is 11.9 Å². The van der Waals surface area contributed by atoms with Crippen molar-refractivity contribution in [2.75, 3.05) is 45.1 Å². The van der Waals surface area contributed by atoms with Gasteiger partial charge in [0.2, 0.25) is 0 Å². The lowest BCUT2D eigenvalue weighted by Gasteiger charge is -2.43. The fraction of sp³-hybridized carbons (Fsp3) is 0.625. The van der Waals surface area contributed by atoms with Crippen LogP contribution in [0.2, 0.25) is 5.02 Å². The summed E-state index contributed by atoms with van der Waals surface area (Å²) in [5.41, 5.74) is 1.24. The molecule has 0 aromatic carbocycles. The van der Waals surface area contributed by atoms with E-state index in [0.717, 1.165) is 32.7 Å². The van der Waals surface area contributed by atoms with Crippen LogP contribution in [0.3, 0.4) is 0 Å². The molecule has 0 unspecified atom stereocenters. The summed E-state index contributed by atoms with van der Waals surface area (Å²) in [6, 6.07) is 3.78. The lowest BCUT2D eigenvalue weighted by Crippen LogP contribution is -2.56. The number of anilines is 1. The Balaban J connectivity index is 2.03. The van der Waals surface area contributed by atoms with Gasteiger partial charge in [0.15, 0.2) is 0 Å². The summed E-state index contributed by atoms with van der Waals surface area (Å²) in [4.78, 5) is 9.25. The summed E-state index contributed by atoms with van der Waals surface area (Å²) in [6.07, 6.45) is 0. The van der Waals surface area contributed by atoms with Gasteiger partial charge in [0.05, 0.1) is 16.3 Å². The molecule has 1 aromatic rings. The van der Waals surface area contributed by atoms with E-state index in [4.69, 9.17) is 16.9 Å². The van der Waals surface area contributed by atoms with Gasteiger partial charge in [-0.15, -0.1) is 0 Å². The zero-order chi connectivity index (χ0) is 16.3. The number of nitrogens with zero attached hydrogens (tertiary/aromatic N) is 4. The highest BCUT2D eigenvalue weighted by atomic mass is 35.5. The second kappa shape index (κ2) is 6.82. The van der Waals surface area contributed by atoms with Gasteiger partial charge in [0.25, 0.3) is 0 Å². The molecule has 1 N–H and O–H groups in total. The molecule has 1 aliphatic rings. The first-order valence-corrected chi connectivity index (χ1v) is 7.96. The fourth-order valence-electron chi connectivity index (χ4n) is 2.64.